The predicted octanol–water partition coefficient (Wildman–Crippen LogP) is 2.82. The highest BCUT2D eigenvalue weighted by molar-refractivity contribution is 5.97. The van der Waals surface area contributed by atoms with Gasteiger partial charge >= 0.3 is 0 Å². The molecule has 184 valence electrons. The summed E-state index contributed by atoms with van der Waals surface area (Å²) in [5, 5.41) is 1.08. The molecule has 1 N–H and O–H groups in total. The lowest BCUT2D eigenvalue weighted by Gasteiger charge is -2.47. The molecule has 35 heavy (non-hydrogen) atoms. The number of ether oxygens (including phenoxy) is 2. The van der Waals surface area contributed by atoms with E-state index in [1.54, 1.807) is 24.0 Å². The number of para-hydroxylation sites is 1. The fourth-order valence-corrected chi connectivity index (χ4v) is 5.47. The normalized spacial score (nSPS) is 19.8. The van der Waals surface area contributed by atoms with Gasteiger partial charge in [0.05, 0.1) is 20.8 Å². The van der Waals surface area contributed by atoms with Crippen molar-refractivity contribution in [3.8, 4) is 11.5 Å². The van der Waals surface area contributed by atoms with Crippen LogP contribution in [0.15, 0.2) is 42.5 Å². The number of rotatable bonds is 7. The Kier molecular flexibility index (Phi) is 6.15. The van der Waals surface area contributed by atoms with E-state index in [1.807, 2.05) is 50.5 Å². The first kappa shape index (κ1) is 23.2. The van der Waals surface area contributed by atoms with Crippen molar-refractivity contribution in [2.45, 2.75) is 24.9 Å². The summed E-state index contributed by atoms with van der Waals surface area (Å²) in [6.07, 6.45) is 1.31. The summed E-state index contributed by atoms with van der Waals surface area (Å²) in [6.45, 7) is 1.52. The minimum atomic E-state index is -0.566. The molecule has 1 aromatic heterocycles. The van der Waals surface area contributed by atoms with E-state index in [9.17, 15) is 9.59 Å². The molecule has 0 bridgehead atoms. The molecule has 3 heterocycles. The van der Waals surface area contributed by atoms with Crippen molar-refractivity contribution in [3.05, 3.63) is 59.3 Å². The third kappa shape index (κ3) is 4.01. The monoisotopic (exact) mass is 476 g/mol. The van der Waals surface area contributed by atoms with E-state index in [4.69, 9.17) is 9.47 Å². The number of aromatic nitrogens is 1. The molecule has 1 saturated heterocycles. The van der Waals surface area contributed by atoms with Crippen molar-refractivity contribution in [1.82, 2.24) is 19.7 Å². The first-order valence-electron chi connectivity index (χ1n) is 12.0. The smallest absolute Gasteiger partial charge is 0.246 e. The number of aromatic amines is 1. The Bertz CT molecular complexity index is 1270. The Balaban J connectivity index is 1.63. The molecule has 0 saturated carbocycles. The Morgan fingerprint density at radius 2 is 1.89 bits per heavy atom. The summed E-state index contributed by atoms with van der Waals surface area (Å²) in [5.74, 6) is 1.26. The minimum absolute atomic E-state index is 0.00569. The number of amides is 2. The first-order chi connectivity index (χ1) is 16.9. The number of hydrogen-bond acceptors (Lipinski definition) is 5. The van der Waals surface area contributed by atoms with Gasteiger partial charge in [0.1, 0.15) is 23.6 Å². The van der Waals surface area contributed by atoms with Gasteiger partial charge in [0, 0.05) is 35.1 Å². The number of benzene rings is 2. The number of H-pyrrole nitrogens is 1. The summed E-state index contributed by atoms with van der Waals surface area (Å²) < 4.78 is 11.2. The summed E-state index contributed by atoms with van der Waals surface area (Å²) in [5.41, 5.74) is 3.79. The van der Waals surface area contributed by atoms with E-state index in [2.05, 4.69) is 16.0 Å². The molecule has 0 spiro atoms. The van der Waals surface area contributed by atoms with Crippen LogP contribution < -0.4 is 9.47 Å². The number of piperazine rings is 1. The van der Waals surface area contributed by atoms with Gasteiger partial charge in [-0.05, 0) is 56.9 Å². The zero-order valence-corrected chi connectivity index (χ0v) is 20.7. The summed E-state index contributed by atoms with van der Waals surface area (Å²) >= 11 is 0. The molecule has 2 amide bonds. The fraction of sp³-hybridized carbons (Fsp3) is 0.407. The average Bonchev–Trinajstić information content (AvgIpc) is 3.23. The highest BCUT2D eigenvalue weighted by Gasteiger charge is 2.48. The van der Waals surface area contributed by atoms with Crippen LogP contribution in [-0.4, -0.2) is 85.5 Å². The lowest BCUT2D eigenvalue weighted by atomic mass is 9.85. The summed E-state index contributed by atoms with van der Waals surface area (Å²) in [6, 6.07) is 12.6. The van der Waals surface area contributed by atoms with Crippen molar-refractivity contribution in [2.24, 2.45) is 0 Å². The topological polar surface area (TPSA) is 78.1 Å². The lowest BCUT2D eigenvalue weighted by molar-refractivity contribution is -0.158. The van der Waals surface area contributed by atoms with E-state index < -0.39 is 12.1 Å². The maximum Gasteiger partial charge on any atom is 0.246 e. The van der Waals surface area contributed by atoms with Gasteiger partial charge in [-0.3, -0.25) is 9.59 Å². The van der Waals surface area contributed by atoms with Gasteiger partial charge in [0.2, 0.25) is 11.8 Å². The minimum Gasteiger partial charge on any atom is -0.497 e. The average molecular weight is 477 g/mol. The van der Waals surface area contributed by atoms with Gasteiger partial charge in [-0.2, -0.15) is 0 Å². The zero-order valence-electron chi connectivity index (χ0n) is 20.7. The third-order valence-corrected chi connectivity index (χ3v) is 7.11. The van der Waals surface area contributed by atoms with Crippen molar-refractivity contribution < 1.29 is 19.1 Å². The van der Waals surface area contributed by atoms with E-state index >= 15 is 0 Å². The second-order valence-electron chi connectivity index (χ2n) is 9.51. The van der Waals surface area contributed by atoms with Crippen LogP contribution in [0.3, 0.4) is 0 Å². The Labute approximate surface area is 205 Å². The Morgan fingerprint density at radius 1 is 1.09 bits per heavy atom. The number of hydrogen-bond donors (Lipinski definition) is 1. The maximum atomic E-state index is 13.8. The Morgan fingerprint density at radius 3 is 2.63 bits per heavy atom. The first-order valence-corrected chi connectivity index (χ1v) is 12.0. The van der Waals surface area contributed by atoms with Crippen LogP contribution in [0.25, 0.3) is 10.9 Å². The van der Waals surface area contributed by atoms with Gasteiger partial charge in [-0.15, -0.1) is 0 Å². The maximum absolute atomic E-state index is 13.8. The number of carbonyl (C=O) groups is 2. The molecule has 2 aliphatic rings. The van der Waals surface area contributed by atoms with Crippen LogP contribution in [0.1, 0.15) is 29.3 Å². The van der Waals surface area contributed by atoms with Crippen molar-refractivity contribution in [3.63, 3.8) is 0 Å². The van der Waals surface area contributed by atoms with Crippen LogP contribution in [0.5, 0.6) is 11.5 Å². The number of methoxy groups -OCH3 is 2. The Hall–Kier alpha value is -3.52. The number of nitrogens with zero attached hydrogens (tertiary/aromatic N) is 3. The molecular formula is C27H32N4O4. The second kappa shape index (κ2) is 9.26. The van der Waals surface area contributed by atoms with Crippen LogP contribution in [0, 0.1) is 0 Å². The molecule has 0 radical (unpaired) electrons. The summed E-state index contributed by atoms with van der Waals surface area (Å²) in [4.78, 5) is 36.6. The molecular weight excluding hydrogens is 444 g/mol. The van der Waals surface area contributed by atoms with E-state index in [1.165, 1.54) is 0 Å². The molecule has 0 unspecified atom stereocenters. The van der Waals surface area contributed by atoms with E-state index in [0.717, 1.165) is 40.7 Å². The van der Waals surface area contributed by atoms with E-state index in [-0.39, 0.29) is 18.4 Å². The number of carbonyl (C=O) groups excluding carboxylic acids is 2. The zero-order chi connectivity index (χ0) is 24.7. The van der Waals surface area contributed by atoms with Crippen LogP contribution in [0.2, 0.25) is 0 Å². The third-order valence-electron chi connectivity index (χ3n) is 7.11. The van der Waals surface area contributed by atoms with Gasteiger partial charge in [-0.1, -0.05) is 18.2 Å². The predicted molar refractivity (Wildman–Crippen MR) is 134 cm³/mol. The lowest BCUT2D eigenvalue weighted by Crippen LogP contribution is -2.63. The van der Waals surface area contributed by atoms with Gasteiger partial charge in [0.25, 0.3) is 0 Å². The largest absolute Gasteiger partial charge is 0.497 e. The van der Waals surface area contributed by atoms with Crippen molar-refractivity contribution >= 4 is 22.7 Å². The van der Waals surface area contributed by atoms with Crippen molar-refractivity contribution in [2.75, 3.05) is 47.9 Å². The van der Waals surface area contributed by atoms with E-state index in [0.29, 0.717) is 24.5 Å². The second-order valence-corrected chi connectivity index (χ2v) is 9.51. The molecule has 2 aromatic carbocycles. The molecule has 8 heteroatoms. The molecule has 2 aliphatic heterocycles. The van der Waals surface area contributed by atoms with Crippen LogP contribution in [0.4, 0.5) is 0 Å². The number of nitrogens with one attached hydrogen (secondary N) is 1. The molecule has 1 fully saturated rings. The quantitative estimate of drug-likeness (QED) is 0.568. The molecule has 8 nitrogen and oxygen atoms in total. The summed E-state index contributed by atoms with van der Waals surface area (Å²) in [7, 11) is 7.26. The van der Waals surface area contributed by atoms with Crippen LogP contribution in [-0.2, 0) is 16.0 Å². The molecule has 3 aromatic rings. The number of fused-ring (bicyclic) bond motifs is 4. The van der Waals surface area contributed by atoms with Gasteiger partial charge in [0.15, 0.2) is 0 Å². The van der Waals surface area contributed by atoms with Gasteiger partial charge in [-0.25, -0.2) is 0 Å². The molecule has 2 atom stereocenters. The molecule has 5 rings (SSSR count). The van der Waals surface area contributed by atoms with Crippen molar-refractivity contribution in [1.29, 1.82) is 0 Å². The fourth-order valence-electron chi connectivity index (χ4n) is 5.47. The molecule has 0 aliphatic carbocycles. The highest BCUT2D eigenvalue weighted by Crippen LogP contribution is 2.45. The SMILES string of the molecule is COc1ccc(OC)c([C@@H]2c3[nH]c4ccccc4c3C[C@H]3C(=O)N(CCCN(C)C)CC(=O)N23)c1. The standard InChI is InChI=1S/C27H32N4O4/c1-29(2)12-7-13-30-16-24(32)31-22(27(30)33)15-19-18-8-5-6-9-21(18)28-25(19)26(31)20-14-17(34-3)10-11-23(20)35-4/h5-6,8-11,14,22,26,28H,7,12-13,15-16H2,1-4H3/t22-,26+/m0/s1. The highest BCUT2D eigenvalue weighted by atomic mass is 16.5. The van der Waals surface area contributed by atoms with Crippen LogP contribution >= 0.6 is 0 Å². The van der Waals surface area contributed by atoms with Gasteiger partial charge < -0.3 is 29.2 Å².